The number of hydrogen-bond acceptors (Lipinski definition) is 3. The van der Waals surface area contributed by atoms with Crippen molar-refractivity contribution < 1.29 is 14.7 Å². The molecule has 1 unspecified atom stereocenters. The van der Waals surface area contributed by atoms with Crippen molar-refractivity contribution in [1.82, 2.24) is 20.0 Å². The van der Waals surface area contributed by atoms with E-state index in [4.69, 9.17) is 5.11 Å². The third-order valence-electron chi connectivity index (χ3n) is 3.13. The van der Waals surface area contributed by atoms with Crippen molar-refractivity contribution in [2.75, 3.05) is 13.1 Å². The molecule has 20 heavy (non-hydrogen) atoms. The van der Waals surface area contributed by atoms with Gasteiger partial charge in [-0.3, -0.25) is 9.48 Å². The van der Waals surface area contributed by atoms with Crippen LogP contribution in [0.5, 0.6) is 0 Å². The Morgan fingerprint density at radius 1 is 1.55 bits per heavy atom. The smallest absolute Gasteiger partial charge is 0.317 e. The zero-order valence-corrected chi connectivity index (χ0v) is 12.4. The first-order valence-electron chi connectivity index (χ1n) is 6.59. The number of carbonyl (C=O) groups excluding carboxylic acids is 1. The van der Waals surface area contributed by atoms with E-state index >= 15 is 0 Å². The Morgan fingerprint density at radius 2 is 2.20 bits per heavy atom. The number of carboxylic acids is 1. The number of nitrogens with zero attached hydrogens (tertiary/aromatic N) is 3. The average molecular weight is 282 g/mol. The number of rotatable bonds is 6. The van der Waals surface area contributed by atoms with E-state index in [0.29, 0.717) is 13.1 Å². The molecule has 0 aliphatic rings. The van der Waals surface area contributed by atoms with Gasteiger partial charge in [-0.05, 0) is 13.8 Å². The maximum atomic E-state index is 12.0. The van der Waals surface area contributed by atoms with Crippen molar-refractivity contribution in [3.8, 4) is 0 Å². The molecule has 0 saturated carbocycles. The first-order valence-corrected chi connectivity index (χ1v) is 6.59. The summed E-state index contributed by atoms with van der Waals surface area (Å²) in [6.45, 7) is 6.34. The van der Waals surface area contributed by atoms with Gasteiger partial charge in [-0.2, -0.15) is 5.10 Å². The van der Waals surface area contributed by atoms with Gasteiger partial charge in [0, 0.05) is 38.4 Å². The molecule has 1 atom stereocenters. The molecule has 1 aromatic rings. The summed E-state index contributed by atoms with van der Waals surface area (Å²) in [5, 5.41) is 15.9. The summed E-state index contributed by atoms with van der Waals surface area (Å²) in [6.07, 6.45) is 1.85. The molecule has 2 amide bonds. The Morgan fingerprint density at radius 3 is 2.65 bits per heavy atom. The van der Waals surface area contributed by atoms with Gasteiger partial charge in [0.1, 0.15) is 0 Å². The lowest BCUT2D eigenvalue weighted by Gasteiger charge is -2.23. The van der Waals surface area contributed by atoms with Crippen LogP contribution in [0.2, 0.25) is 0 Å². The maximum Gasteiger partial charge on any atom is 0.317 e. The van der Waals surface area contributed by atoms with Crippen molar-refractivity contribution in [2.45, 2.75) is 27.3 Å². The molecule has 1 heterocycles. The first-order chi connectivity index (χ1) is 9.35. The molecule has 0 saturated heterocycles. The number of aliphatic carboxylic acids is 1. The van der Waals surface area contributed by atoms with Crippen LogP contribution in [-0.2, 0) is 18.4 Å². The van der Waals surface area contributed by atoms with Gasteiger partial charge in [-0.1, -0.05) is 6.92 Å². The van der Waals surface area contributed by atoms with E-state index in [1.54, 1.807) is 11.6 Å². The number of aromatic nitrogens is 2. The number of urea groups is 1. The second-order valence-electron chi connectivity index (χ2n) is 4.85. The Hall–Kier alpha value is -2.05. The number of aryl methyl sites for hydroxylation is 2. The molecule has 1 aromatic heterocycles. The van der Waals surface area contributed by atoms with Gasteiger partial charge in [-0.25, -0.2) is 4.79 Å². The quantitative estimate of drug-likeness (QED) is 0.814. The number of carboxylic acid groups (broad SMARTS) is 1. The molecular formula is C13H22N4O3. The van der Waals surface area contributed by atoms with Crippen LogP contribution in [0, 0.1) is 12.8 Å². The predicted molar refractivity (Wildman–Crippen MR) is 74.2 cm³/mol. The lowest BCUT2D eigenvalue weighted by atomic mass is 10.2. The first kappa shape index (κ1) is 16.0. The fraction of sp³-hybridized carbons (Fsp3) is 0.615. The molecule has 0 radical (unpaired) electrons. The van der Waals surface area contributed by atoms with Crippen LogP contribution in [0.1, 0.15) is 25.1 Å². The Labute approximate surface area is 118 Å². The van der Waals surface area contributed by atoms with Gasteiger partial charge in [0.2, 0.25) is 0 Å². The molecule has 0 fully saturated rings. The maximum absolute atomic E-state index is 12.0. The van der Waals surface area contributed by atoms with Crippen molar-refractivity contribution in [2.24, 2.45) is 13.0 Å². The van der Waals surface area contributed by atoms with Crippen molar-refractivity contribution >= 4 is 12.0 Å². The van der Waals surface area contributed by atoms with Crippen molar-refractivity contribution in [3.05, 3.63) is 17.5 Å². The molecular weight excluding hydrogens is 260 g/mol. The second-order valence-corrected chi connectivity index (χ2v) is 4.85. The Balaban J connectivity index is 2.55. The van der Waals surface area contributed by atoms with E-state index in [2.05, 4.69) is 10.4 Å². The lowest BCUT2D eigenvalue weighted by molar-refractivity contribution is -0.141. The number of carbonyl (C=O) groups is 2. The van der Waals surface area contributed by atoms with Gasteiger partial charge in [-0.15, -0.1) is 0 Å². The third-order valence-corrected chi connectivity index (χ3v) is 3.13. The second kappa shape index (κ2) is 6.93. The highest BCUT2D eigenvalue weighted by Gasteiger charge is 2.19. The Bertz CT molecular complexity index is 484. The van der Waals surface area contributed by atoms with Gasteiger partial charge in [0.05, 0.1) is 11.6 Å². The molecule has 1 rings (SSSR count). The van der Waals surface area contributed by atoms with E-state index in [0.717, 1.165) is 11.3 Å². The number of hydrogen-bond donors (Lipinski definition) is 2. The van der Waals surface area contributed by atoms with Gasteiger partial charge >= 0.3 is 12.0 Å². The minimum atomic E-state index is -0.903. The highest BCUT2D eigenvalue weighted by atomic mass is 16.4. The van der Waals surface area contributed by atoms with Gasteiger partial charge in [0.15, 0.2) is 0 Å². The van der Waals surface area contributed by atoms with Gasteiger partial charge in [0.25, 0.3) is 0 Å². The molecule has 7 heteroatoms. The SMILES string of the molecule is CCN(CC(C)C(=O)O)C(=O)NCc1cn(C)nc1C. The van der Waals surface area contributed by atoms with Crippen LogP contribution >= 0.6 is 0 Å². The van der Waals surface area contributed by atoms with Gasteiger partial charge < -0.3 is 15.3 Å². The normalized spacial score (nSPS) is 12.0. The van der Waals surface area contributed by atoms with Crippen LogP contribution in [0.15, 0.2) is 6.20 Å². The van der Waals surface area contributed by atoms with E-state index in [-0.39, 0.29) is 12.6 Å². The molecule has 0 aliphatic heterocycles. The fourth-order valence-corrected chi connectivity index (χ4v) is 1.87. The van der Waals surface area contributed by atoms with Crippen molar-refractivity contribution in [3.63, 3.8) is 0 Å². The van der Waals surface area contributed by atoms with Crippen LogP contribution in [0.25, 0.3) is 0 Å². The van der Waals surface area contributed by atoms with E-state index in [9.17, 15) is 9.59 Å². The average Bonchev–Trinajstić information content (AvgIpc) is 2.70. The molecule has 0 bridgehead atoms. The summed E-state index contributed by atoms with van der Waals surface area (Å²) in [7, 11) is 1.82. The van der Waals surface area contributed by atoms with Crippen LogP contribution in [0.3, 0.4) is 0 Å². The highest BCUT2D eigenvalue weighted by molar-refractivity contribution is 5.75. The summed E-state index contributed by atoms with van der Waals surface area (Å²) in [5.41, 5.74) is 1.82. The molecule has 0 spiro atoms. The topological polar surface area (TPSA) is 87.5 Å². The molecule has 2 N–H and O–H groups in total. The lowest BCUT2D eigenvalue weighted by Crippen LogP contribution is -2.42. The number of amides is 2. The summed E-state index contributed by atoms with van der Waals surface area (Å²) in [5.74, 6) is -1.49. The molecule has 7 nitrogen and oxygen atoms in total. The molecule has 0 aliphatic carbocycles. The van der Waals surface area contributed by atoms with E-state index < -0.39 is 11.9 Å². The summed E-state index contributed by atoms with van der Waals surface area (Å²) in [6, 6.07) is -0.260. The van der Waals surface area contributed by atoms with Crippen LogP contribution in [0.4, 0.5) is 4.79 Å². The standard InChI is InChI=1S/C13H22N4O3/c1-5-17(7-9(2)12(18)19)13(20)14-6-11-8-16(4)15-10(11)3/h8-9H,5-7H2,1-4H3,(H,14,20)(H,18,19). The van der Waals surface area contributed by atoms with E-state index in [1.165, 1.54) is 4.90 Å². The largest absolute Gasteiger partial charge is 0.481 e. The van der Waals surface area contributed by atoms with Crippen molar-refractivity contribution in [1.29, 1.82) is 0 Å². The summed E-state index contributed by atoms with van der Waals surface area (Å²) >= 11 is 0. The molecule has 112 valence electrons. The summed E-state index contributed by atoms with van der Waals surface area (Å²) in [4.78, 5) is 24.3. The predicted octanol–water partition coefficient (Wildman–Crippen LogP) is 0.981. The fourth-order valence-electron chi connectivity index (χ4n) is 1.87. The monoisotopic (exact) mass is 282 g/mol. The Kier molecular flexibility index (Phi) is 5.54. The molecule has 0 aromatic carbocycles. The van der Waals surface area contributed by atoms with E-state index in [1.807, 2.05) is 27.1 Å². The minimum Gasteiger partial charge on any atom is -0.481 e. The third kappa shape index (κ3) is 4.25. The minimum absolute atomic E-state index is 0.198. The highest BCUT2D eigenvalue weighted by Crippen LogP contribution is 2.05. The van der Waals surface area contributed by atoms with Crippen LogP contribution in [-0.4, -0.2) is 44.9 Å². The summed E-state index contributed by atoms with van der Waals surface area (Å²) < 4.78 is 1.70. The zero-order chi connectivity index (χ0) is 15.3. The zero-order valence-electron chi connectivity index (χ0n) is 12.4. The number of nitrogens with one attached hydrogen (secondary N) is 1. The van der Waals surface area contributed by atoms with Crippen LogP contribution < -0.4 is 5.32 Å².